The highest BCUT2D eigenvalue weighted by Gasteiger charge is 2.19. The number of nitrogens with one attached hydrogen (secondary N) is 2. The molecule has 0 saturated carbocycles. The van der Waals surface area contributed by atoms with E-state index in [1.165, 1.54) is 6.42 Å². The van der Waals surface area contributed by atoms with Crippen LogP contribution in [0.2, 0.25) is 0 Å². The van der Waals surface area contributed by atoms with Crippen LogP contribution in [0.15, 0.2) is 6.20 Å². The average Bonchev–Trinajstić information content (AvgIpc) is 2.86. The Morgan fingerprint density at radius 1 is 1.61 bits per heavy atom. The molecular formula is C12H21N5O. The van der Waals surface area contributed by atoms with Gasteiger partial charge in [0.25, 0.3) is 5.91 Å². The number of amides is 1. The SMILES string of the molecule is CC(C)(C)NC(=O)c1cn(C[C@@H]2CCCN2)nn1. The average molecular weight is 251 g/mol. The van der Waals surface area contributed by atoms with Crippen molar-refractivity contribution in [3.63, 3.8) is 0 Å². The first-order valence-electron chi connectivity index (χ1n) is 6.40. The van der Waals surface area contributed by atoms with Crippen LogP contribution in [-0.4, -0.2) is 39.0 Å². The third kappa shape index (κ3) is 3.53. The minimum absolute atomic E-state index is 0.173. The summed E-state index contributed by atoms with van der Waals surface area (Å²) in [5, 5.41) is 14.2. The summed E-state index contributed by atoms with van der Waals surface area (Å²) >= 11 is 0. The summed E-state index contributed by atoms with van der Waals surface area (Å²) in [5.41, 5.74) is 0.122. The predicted molar refractivity (Wildman–Crippen MR) is 68.3 cm³/mol. The molecule has 6 heteroatoms. The monoisotopic (exact) mass is 251 g/mol. The minimum Gasteiger partial charge on any atom is -0.346 e. The molecule has 1 amide bonds. The molecule has 1 aromatic rings. The lowest BCUT2D eigenvalue weighted by atomic mass is 10.1. The molecule has 100 valence electrons. The van der Waals surface area contributed by atoms with Gasteiger partial charge in [-0.15, -0.1) is 5.10 Å². The highest BCUT2D eigenvalue weighted by atomic mass is 16.2. The van der Waals surface area contributed by atoms with Gasteiger partial charge in [0, 0.05) is 11.6 Å². The summed E-state index contributed by atoms with van der Waals surface area (Å²) in [5.74, 6) is -0.173. The minimum atomic E-state index is -0.256. The van der Waals surface area contributed by atoms with E-state index in [1.807, 2.05) is 20.8 Å². The number of nitrogens with zero attached hydrogens (tertiary/aromatic N) is 3. The largest absolute Gasteiger partial charge is 0.346 e. The van der Waals surface area contributed by atoms with E-state index in [1.54, 1.807) is 10.9 Å². The van der Waals surface area contributed by atoms with Crippen LogP contribution in [0, 0.1) is 0 Å². The standard InChI is InChI=1S/C12H21N5O/c1-12(2,3)14-11(18)10-8-17(16-15-10)7-9-5-4-6-13-9/h8-9,13H,4-7H2,1-3H3,(H,14,18)/t9-/m0/s1. The van der Waals surface area contributed by atoms with Gasteiger partial charge in [0.15, 0.2) is 5.69 Å². The fourth-order valence-electron chi connectivity index (χ4n) is 2.03. The zero-order valence-corrected chi connectivity index (χ0v) is 11.2. The zero-order valence-electron chi connectivity index (χ0n) is 11.2. The maximum absolute atomic E-state index is 11.9. The second-order valence-electron chi connectivity index (χ2n) is 5.82. The Kier molecular flexibility index (Phi) is 3.65. The van der Waals surface area contributed by atoms with Gasteiger partial charge >= 0.3 is 0 Å². The van der Waals surface area contributed by atoms with Gasteiger partial charge in [-0.1, -0.05) is 5.21 Å². The van der Waals surface area contributed by atoms with Crippen LogP contribution < -0.4 is 10.6 Å². The summed E-state index contributed by atoms with van der Waals surface area (Å²) in [4.78, 5) is 11.9. The van der Waals surface area contributed by atoms with E-state index in [9.17, 15) is 4.79 Å². The van der Waals surface area contributed by atoms with Crippen molar-refractivity contribution in [1.82, 2.24) is 25.6 Å². The topological polar surface area (TPSA) is 71.8 Å². The van der Waals surface area contributed by atoms with E-state index >= 15 is 0 Å². The van der Waals surface area contributed by atoms with Crippen LogP contribution in [-0.2, 0) is 6.54 Å². The third-order valence-electron chi connectivity index (χ3n) is 2.83. The van der Waals surface area contributed by atoms with Gasteiger partial charge in [0.05, 0.1) is 12.7 Å². The molecule has 0 spiro atoms. The molecule has 0 aromatic carbocycles. The first-order chi connectivity index (χ1) is 8.44. The Balaban J connectivity index is 1.94. The van der Waals surface area contributed by atoms with Crippen molar-refractivity contribution < 1.29 is 4.79 Å². The summed E-state index contributed by atoms with van der Waals surface area (Å²) in [6.07, 6.45) is 4.07. The quantitative estimate of drug-likeness (QED) is 0.823. The number of hydrogen-bond acceptors (Lipinski definition) is 4. The molecule has 1 aromatic heterocycles. The highest BCUT2D eigenvalue weighted by Crippen LogP contribution is 2.07. The summed E-state index contributed by atoms with van der Waals surface area (Å²) in [7, 11) is 0. The molecule has 1 atom stereocenters. The van der Waals surface area contributed by atoms with Gasteiger partial charge in [-0.3, -0.25) is 9.48 Å². The molecule has 0 aliphatic carbocycles. The molecule has 1 fully saturated rings. The molecule has 1 aliphatic heterocycles. The second kappa shape index (κ2) is 5.06. The molecular weight excluding hydrogens is 230 g/mol. The van der Waals surface area contributed by atoms with E-state index in [0.717, 1.165) is 19.5 Å². The Morgan fingerprint density at radius 3 is 3.00 bits per heavy atom. The van der Waals surface area contributed by atoms with Crippen LogP contribution >= 0.6 is 0 Å². The number of aromatic nitrogens is 3. The van der Waals surface area contributed by atoms with E-state index in [-0.39, 0.29) is 11.4 Å². The Labute approximate surface area is 107 Å². The van der Waals surface area contributed by atoms with Gasteiger partial charge in [-0.2, -0.15) is 0 Å². The predicted octanol–water partition coefficient (Wildman–Crippen LogP) is 0.558. The van der Waals surface area contributed by atoms with E-state index < -0.39 is 0 Å². The summed E-state index contributed by atoms with van der Waals surface area (Å²) in [6.45, 7) is 7.67. The van der Waals surface area contributed by atoms with Crippen LogP contribution in [0.3, 0.4) is 0 Å². The number of hydrogen-bond donors (Lipinski definition) is 2. The molecule has 2 heterocycles. The first-order valence-corrected chi connectivity index (χ1v) is 6.40. The molecule has 2 N–H and O–H groups in total. The van der Waals surface area contributed by atoms with Gasteiger partial charge in [-0.25, -0.2) is 0 Å². The van der Waals surface area contributed by atoms with Crippen LogP contribution in [0.25, 0.3) is 0 Å². The number of carbonyl (C=O) groups excluding carboxylic acids is 1. The van der Waals surface area contributed by atoms with Crippen molar-refractivity contribution in [3.05, 3.63) is 11.9 Å². The van der Waals surface area contributed by atoms with Crippen molar-refractivity contribution in [2.24, 2.45) is 0 Å². The summed E-state index contributed by atoms with van der Waals surface area (Å²) in [6, 6.07) is 0.449. The lowest BCUT2D eigenvalue weighted by molar-refractivity contribution is 0.0914. The van der Waals surface area contributed by atoms with E-state index in [0.29, 0.717) is 11.7 Å². The van der Waals surface area contributed by atoms with Crippen molar-refractivity contribution in [1.29, 1.82) is 0 Å². The Hall–Kier alpha value is -1.43. The van der Waals surface area contributed by atoms with Crippen molar-refractivity contribution in [2.45, 2.75) is 51.7 Å². The van der Waals surface area contributed by atoms with Gasteiger partial charge in [0.2, 0.25) is 0 Å². The fraction of sp³-hybridized carbons (Fsp3) is 0.750. The maximum atomic E-state index is 11.9. The molecule has 2 rings (SSSR count). The Morgan fingerprint density at radius 2 is 2.39 bits per heavy atom. The third-order valence-corrected chi connectivity index (χ3v) is 2.83. The van der Waals surface area contributed by atoms with Crippen molar-refractivity contribution >= 4 is 5.91 Å². The molecule has 1 aliphatic rings. The van der Waals surface area contributed by atoms with E-state index in [4.69, 9.17) is 0 Å². The molecule has 18 heavy (non-hydrogen) atoms. The number of rotatable bonds is 3. The molecule has 0 bridgehead atoms. The first kappa shape index (κ1) is 13.0. The molecule has 0 radical (unpaired) electrons. The van der Waals surface area contributed by atoms with Gasteiger partial charge in [-0.05, 0) is 40.2 Å². The van der Waals surface area contributed by atoms with Gasteiger partial charge in [0.1, 0.15) is 0 Å². The molecule has 1 saturated heterocycles. The number of carbonyl (C=O) groups is 1. The molecule has 0 unspecified atom stereocenters. The maximum Gasteiger partial charge on any atom is 0.273 e. The second-order valence-corrected chi connectivity index (χ2v) is 5.82. The lowest BCUT2D eigenvalue weighted by Crippen LogP contribution is -2.40. The zero-order chi connectivity index (χ0) is 13.2. The normalized spacial score (nSPS) is 20.1. The van der Waals surface area contributed by atoms with Crippen molar-refractivity contribution in [3.8, 4) is 0 Å². The van der Waals surface area contributed by atoms with Crippen LogP contribution in [0.1, 0.15) is 44.1 Å². The Bertz CT molecular complexity index is 414. The van der Waals surface area contributed by atoms with Crippen LogP contribution in [0.4, 0.5) is 0 Å². The fourth-order valence-corrected chi connectivity index (χ4v) is 2.03. The molecule has 6 nitrogen and oxygen atoms in total. The highest BCUT2D eigenvalue weighted by molar-refractivity contribution is 5.92. The van der Waals surface area contributed by atoms with Crippen molar-refractivity contribution in [2.75, 3.05) is 6.54 Å². The lowest BCUT2D eigenvalue weighted by Gasteiger charge is -2.19. The van der Waals surface area contributed by atoms with Gasteiger partial charge < -0.3 is 10.6 Å². The smallest absolute Gasteiger partial charge is 0.273 e. The van der Waals surface area contributed by atoms with Crippen LogP contribution in [0.5, 0.6) is 0 Å². The summed E-state index contributed by atoms with van der Waals surface area (Å²) < 4.78 is 1.74. The van der Waals surface area contributed by atoms with E-state index in [2.05, 4.69) is 20.9 Å².